The van der Waals surface area contributed by atoms with Gasteiger partial charge in [0.2, 0.25) is 5.90 Å². The van der Waals surface area contributed by atoms with Gasteiger partial charge in [0.15, 0.2) is 0 Å². The zero-order chi connectivity index (χ0) is 10.1. The highest BCUT2D eigenvalue weighted by Gasteiger charge is 2.28. The Bertz CT molecular complexity index is 435. The largest absolute Gasteiger partial charge is 0.403 e. The third-order valence-corrected chi connectivity index (χ3v) is 1.97. The summed E-state index contributed by atoms with van der Waals surface area (Å²) in [7, 11) is 0. The molecule has 0 spiro atoms. The molecular weight excluding hydrogens is 180 g/mol. The molecule has 70 valence electrons. The molecule has 0 unspecified atom stereocenters. The topological polar surface area (TPSA) is 76.2 Å². The molecule has 0 radical (unpaired) electrons. The van der Waals surface area contributed by atoms with Crippen LogP contribution >= 0.6 is 0 Å². The highest BCUT2D eigenvalue weighted by molar-refractivity contribution is 6.31. The Morgan fingerprint density at radius 1 is 1.21 bits per heavy atom. The molecule has 4 nitrogen and oxygen atoms in total. The molecule has 2 rings (SSSR count). The maximum atomic E-state index is 11.0. The predicted octanol–water partition coefficient (Wildman–Crippen LogP) is 0.890. The van der Waals surface area contributed by atoms with E-state index in [1.54, 1.807) is 12.1 Å². The summed E-state index contributed by atoms with van der Waals surface area (Å²) >= 11 is 0. The van der Waals surface area contributed by atoms with Gasteiger partial charge in [-0.25, -0.2) is 4.79 Å². The molecular formula is C10H8N2O2. The van der Waals surface area contributed by atoms with Crippen molar-refractivity contribution in [3.8, 4) is 0 Å². The van der Waals surface area contributed by atoms with E-state index in [0.717, 1.165) is 5.56 Å². The molecule has 0 aromatic heterocycles. The van der Waals surface area contributed by atoms with E-state index in [1.807, 2.05) is 18.2 Å². The van der Waals surface area contributed by atoms with Gasteiger partial charge in [0.25, 0.3) is 0 Å². The van der Waals surface area contributed by atoms with E-state index in [0.29, 0.717) is 5.57 Å². The Hall–Kier alpha value is -2.10. The second-order valence-electron chi connectivity index (χ2n) is 2.87. The van der Waals surface area contributed by atoms with E-state index < -0.39 is 5.97 Å². The summed E-state index contributed by atoms with van der Waals surface area (Å²) in [5.74, 6) is -0.826. The smallest absolute Gasteiger partial charge is 0.361 e. The number of nitrogens with one attached hydrogen (secondary N) is 1. The monoisotopic (exact) mass is 188 g/mol. The minimum absolute atomic E-state index is 0.00111. The Labute approximate surface area is 80.5 Å². The van der Waals surface area contributed by atoms with Gasteiger partial charge in [0, 0.05) is 0 Å². The number of carbonyl (C=O) groups is 1. The van der Waals surface area contributed by atoms with E-state index >= 15 is 0 Å². The lowest BCUT2D eigenvalue weighted by atomic mass is 10.1. The Morgan fingerprint density at radius 2 is 1.86 bits per heavy atom. The minimum Gasteiger partial charge on any atom is -0.403 e. The summed E-state index contributed by atoms with van der Waals surface area (Å²) < 4.78 is 4.59. The first kappa shape index (κ1) is 8.50. The maximum Gasteiger partial charge on any atom is 0.361 e. The Kier molecular flexibility index (Phi) is 1.81. The number of ether oxygens (including phenoxy) is 1. The molecule has 1 aliphatic rings. The second kappa shape index (κ2) is 2.99. The van der Waals surface area contributed by atoms with Crippen LogP contribution in [0.4, 0.5) is 0 Å². The van der Waals surface area contributed by atoms with Crippen molar-refractivity contribution in [1.82, 2.24) is 0 Å². The quantitative estimate of drug-likeness (QED) is 0.642. The van der Waals surface area contributed by atoms with Gasteiger partial charge in [-0.15, -0.1) is 0 Å². The average Bonchev–Trinajstić information content (AvgIpc) is 2.43. The van der Waals surface area contributed by atoms with E-state index in [1.165, 1.54) is 0 Å². The van der Waals surface area contributed by atoms with E-state index in [2.05, 4.69) is 4.74 Å². The average molecular weight is 188 g/mol. The molecule has 1 heterocycles. The predicted molar refractivity (Wildman–Crippen MR) is 51.4 cm³/mol. The van der Waals surface area contributed by atoms with Crippen LogP contribution in [0.25, 0.3) is 5.57 Å². The molecule has 0 fully saturated rings. The van der Waals surface area contributed by atoms with E-state index in [9.17, 15) is 4.79 Å². The fourth-order valence-electron chi connectivity index (χ4n) is 1.31. The number of carbonyl (C=O) groups excluding carboxylic acids is 1. The van der Waals surface area contributed by atoms with Gasteiger partial charge in [-0.1, -0.05) is 30.3 Å². The van der Waals surface area contributed by atoms with Gasteiger partial charge in [-0.05, 0) is 5.56 Å². The van der Waals surface area contributed by atoms with Crippen molar-refractivity contribution in [3.63, 3.8) is 0 Å². The first-order valence-corrected chi connectivity index (χ1v) is 4.06. The molecule has 14 heavy (non-hydrogen) atoms. The molecule has 3 N–H and O–H groups in total. The van der Waals surface area contributed by atoms with Crippen molar-refractivity contribution in [2.24, 2.45) is 5.73 Å². The molecule has 0 atom stereocenters. The number of hydrogen-bond acceptors (Lipinski definition) is 4. The van der Waals surface area contributed by atoms with Crippen molar-refractivity contribution in [1.29, 1.82) is 5.41 Å². The third-order valence-electron chi connectivity index (χ3n) is 1.97. The summed E-state index contributed by atoms with van der Waals surface area (Å²) in [6.45, 7) is 0. The molecule has 0 saturated carbocycles. The molecule has 0 saturated heterocycles. The highest BCUT2D eigenvalue weighted by atomic mass is 16.5. The number of benzene rings is 1. The van der Waals surface area contributed by atoms with Gasteiger partial charge in [-0.3, -0.25) is 5.41 Å². The van der Waals surface area contributed by atoms with Gasteiger partial charge in [0.1, 0.15) is 5.70 Å². The van der Waals surface area contributed by atoms with Gasteiger partial charge in [0.05, 0.1) is 5.57 Å². The first-order chi connectivity index (χ1) is 6.70. The summed E-state index contributed by atoms with van der Waals surface area (Å²) in [6, 6.07) is 9.02. The van der Waals surface area contributed by atoms with Crippen LogP contribution in [0.5, 0.6) is 0 Å². The molecule has 1 aromatic carbocycles. The first-order valence-electron chi connectivity index (χ1n) is 4.06. The normalized spacial score (nSPS) is 16.0. The standard InChI is InChI=1S/C10H8N2O2/c11-8-7(9(12)14-10(8)13)6-4-2-1-3-5-6/h1-5,12H,11H2. The lowest BCUT2D eigenvalue weighted by molar-refractivity contribution is -0.130. The zero-order valence-electron chi connectivity index (χ0n) is 7.28. The van der Waals surface area contributed by atoms with Gasteiger partial charge >= 0.3 is 5.97 Å². The van der Waals surface area contributed by atoms with Crippen LogP contribution < -0.4 is 5.73 Å². The summed E-state index contributed by atoms with van der Waals surface area (Å²) in [4.78, 5) is 11.0. The maximum absolute atomic E-state index is 11.0. The van der Waals surface area contributed by atoms with Crippen molar-refractivity contribution in [3.05, 3.63) is 41.6 Å². The van der Waals surface area contributed by atoms with Crippen LogP contribution in [0.1, 0.15) is 5.56 Å². The van der Waals surface area contributed by atoms with Crippen molar-refractivity contribution >= 4 is 17.4 Å². The lowest BCUT2D eigenvalue weighted by Gasteiger charge is -1.99. The zero-order valence-corrected chi connectivity index (χ0v) is 7.28. The van der Waals surface area contributed by atoms with Gasteiger partial charge < -0.3 is 10.5 Å². The number of cyclic esters (lactones) is 1. The minimum atomic E-state index is -0.645. The summed E-state index contributed by atoms with van der Waals surface area (Å²) in [5, 5.41) is 7.42. The van der Waals surface area contributed by atoms with Crippen LogP contribution in [0.3, 0.4) is 0 Å². The summed E-state index contributed by atoms with van der Waals surface area (Å²) in [5.41, 5.74) is 6.60. The van der Waals surface area contributed by atoms with E-state index in [4.69, 9.17) is 11.1 Å². The van der Waals surface area contributed by atoms with Crippen LogP contribution in [0.2, 0.25) is 0 Å². The Balaban J connectivity index is 2.54. The molecule has 1 aliphatic heterocycles. The van der Waals surface area contributed by atoms with Crippen LogP contribution in [-0.2, 0) is 9.53 Å². The summed E-state index contributed by atoms with van der Waals surface area (Å²) in [6.07, 6.45) is 0. The van der Waals surface area contributed by atoms with Crippen molar-refractivity contribution in [2.75, 3.05) is 0 Å². The van der Waals surface area contributed by atoms with Crippen molar-refractivity contribution < 1.29 is 9.53 Å². The van der Waals surface area contributed by atoms with Crippen LogP contribution in [0.15, 0.2) is 36.0 Å². The lowest BCUT2D eigenvalue weighted by Crippen LogP contribution is -2.07. The van der Waals surface area contributed by atoms with Gasteiger partial charge in [-0.2, -0.15) is 0 Å². The van der Waals surface area contributed by atoms with Crippen LogP contribution in [0, 0.1) is 5.41 Å². The van der Waals surface area contributed by atoms with Crippen molar-refractivity contribution in [2.45, 2.75) is 0 Å². The molecule has 0 bridgehead atoms. The third kappa shape index (κ3) is 1.17. The van der Waals surface area contributed by atoms with Crippen LogP contribution in [-0.4, -0.2) is 11.9 Å². The SMILES string of the molecule is N=C1OC(=O)C(N)=C1c1ccccc1. The Morgan fingerprint density at radius 3 is 2.36 bits per heavy atom. The second-order valence-corrected chi connectivity index (χ2v) is 2.87. The van der Waals surface area contributed by atoms with E-state index in [-0.39, 0.29) is 11.6 Å². The fourth-order valence-corrected chi connectivity index (χ4v) is 1.31. The molecule has 4 heteroatoms. The fraction of sp³-hybridized carbons (Fsp3) is 0. The number of rotatable bonds is 1. The highest BCUT2D eigenvalue weighted by Crippen LogP contribution is 2.23. The molecule has 1 aromatic rings. The number of esters is 1. The number of nitrogens with two attached hydrogens (primary N) is 1. The number of hydrogen-bond donors (Lipinski definition) is 2. The molecule has 0 aliphatic carbocycles. The molecule has 0 amide bonds.